The summed E-state index contributed by atoms with van der Waals surface area (Å²) >= 11 is 0. The van der Waals surface area contributed by atoms with Gasteiger partial charge in [0.05, 0.1) is 22.1 Å². The molecular weight excluding hydrogens is 1790 g/mol. The van der Waals surface area contributed by atoms with Gasteiger partial charge in [-0.15, -0.1) is 0 Å². The molecule has 2 amide bonds. The van der Waals surface area contributed by atoms with Crippen molar-refractivity contribution < 1.29 is 63.7 Å². The second kappa shape index (κ2) is 41.7. The third-order valence-corrected chi connectivity index (χ3v) is 23.4. The van der Waals surface area contributed by atoms with Crippen molar-refractivity contribution in [1.29, 1.82) is 0 Å². The van der Waals surface area contributed by atoms with E-state index in [0.717, 1.165) is 163 Å². The number of H-pyrrole nitrogens is 4. The van der Waals surface area contributed by atoms with Gasteiger partial charge in [0.2, 0.25) is 36.3 Å². The Bertz CT molecular complexity index is 7070. The molecule has 20 rings (SSSR count). The molecule has 0 unspecified atom stereocenters. The number of benzene rings is 8. The lowest BCUT2D eigenvalue weighted by atomic mass is 10.2. The molecule has 42 heteroatoms. The molecular formula is C96H96F8N28O6. The van der Waals surface area contributed by atoms with Gasteiger partial charge >= 0.3 is 0 Å². The molecule has 0 spiro atoms. The van der Waals surface area contributed by atoms with E-state index < -0.39 is 46.5 Å². The number of nitrogens with one attached hydrogen (secondary N) is 12. The van der Waals surface area contributed by atoms with Gasteiger partial charge in [-0.05, 0) is 163 Å². The highest BCUT2D eigenvalue weighted by Gasteiger charge is 2.28. The first-order valence-corrected chi connectivity index (χ1v) is 44.0. The number of halogens is 8. The van der Waals surface area contributed by atoms with E-state index in [2.05, 4.69) is 146 Å². The third kappa shape index (κ3) is 21.2. The minimum atomic E-state index is -0.751. The van der Waals surface area contributed by atoms with E-state index in [9.17, 15) is 35.9 Å². The number of aromatic amines is 4. The highest BCUT2D eigenvalue weighted by molar-refractivity contribution is 5.90. The van der Waals surface area contributed by atoms with Crippen molar-refractivity contribution in [3.8, 4) is 46.5 Å². The van der Waals surface area contributed by atoms with Crippen molar-refractivity contribution >= 4 is 148 Å². The minimum absolute atomic E-state index is 0.0490. The van der Waals surface area contributed by atoms with E-state index in [0.29, 0.717) is 58.6 Å². The summed E-state index contributed by atoms with van der Waals surface area (Å²) in [4.78, 5) is 80.4. The summed E-state index contributed by atoms with van der Waals surface area (Å²) in [5.74, 6) is -6.23. The Kier molecular flexibility index (Phi) is 28.2. The van der Waals surface area contributed by atoms with Crippen molar-refractivity contribution in [3.05, 3.63) is 240 Å². The Labute approximate surface area is 784 Å². The predicted molar refractivity (Wildman–Crippen MR) is 517 cm³/mol. The summed E-state index contributed by atoms with van der Waals surface area (Å²) in [6, 6.07) is 41.2. The maximum Gasteiger partial charge on any atom is 0.248 e. The van der Waals surface area contributed by atoms with Gasteiger partial charge in [-0.1, -0.05) is 0 Å². The SMILES string of the molecule is Cc1cc2c(F)c(Oc3ncnc(Nc4ccc(N5CCN(C)CC5)cc4)c3N)cc(F)c2[nH]1.Cc1cc2c(F)c(Oc3ncnc(Nc4ccc(N5CCN(C)CC5)cc4)c3NC=O)cc(F)c2[nH]1.Cc1cc2c(F)c(Oc3ncnc(Nc4ccc(N5CCNCC5)cc4)c3N)cc(F)c2[nH]1.Cc1cc2c(F)c(Oc3ncnc(Nc4ccc(N5CCNCC5)cc4)c3NC=O)cc(F)c2[nH]1. The zero-order valence-electron chi connectivity index (χ0n) is 75.5. The van der Waals surface area contributed by atoms with Gasteiger partial charge in [0.1, 0.15) is 48.1 Å². The topological polar surface area (TPSA) is 405 Å². The molecule has 8 aromatic heterocycles. The zero-order chi connectivity index (χ0) is 96.4. The lowest BCUT2D eigenvalue weighted by molar-refractivity contribution is -0.106. The van der Waals surface area contributed by atoms with Crippen molar-refractivity contribution in [2.45, 2.75) is 27.7 Å². The second-order valence-electron chi connectivity index (χ2n) is 33.0. The van der Waals surface area contributed by atoms with Gasteiger partial charge in [-0.25, -0.2) is 55.1 Å². The lowest BCUT2D eigenvalue weighted by Gasteiger charge is -2.34. The Hall–Kier alpha value is -16.3. The van der Waals surface area contributed by atoms with Crippen LogP contribution in [0.2, 0.25) is 0 Å². The van der Waals surface area contributed by atoms with Crippen LogP contribution in [0.5, 0.6) is 46.5 Å². The molecule has 0 saturated carbocycles. The number of aryl methyl sites for hydroxylation is 4. The van der Waals surface area contributed by atoms with Gasteiger partial charge < -0.3 is 122 Å². The number of piperazine rings is 4. The smallest absolute Gasteiger partial charge is 0.248 e. The number of aromatic nitrogens is 12. The van der Waals surface area contributed by atoms with Gasteiger partial charge in [-0.2, -0.15) is 19.9 Å². The number of fused-ring (bicyclic) bond motifs is 4. The Morgan fingerprint density at radius 2 is 0.558 bits per heavy atom. The molecule has 16 aromatic rings. The van der Waals surface area contributed by atoms with Gasteiger partial charge in [-0.3, -0.25) is 9.59 Å². The first-order valence-electron chi connectivity index (χ1n) is 44.0. The quantitative estimate of drug-likeness (QED) is 0.0197. The van der Waals surface area contributed by atoms with Crippen LogP contribution in [0, 0.1) is 74.2 Å². The van der Waals surface area contributed by atoms with Crippen LogP contribution in [0.25, 0.3) is 43.6 Å². The van der Waals surface area contributed by atoms with Gasteiger partial charge in [0.15, 0.2) is 92.8 Å². The number of carbonyl (C=O) groups is 2. The molecule has 712 valence electrons. The summed E-state index contributed by atoms with van der Waals surface area (Å²) in [5, 5.41) is 24.5. The van der Waals surface area contributed by atoms with E-state index in [1.165, 1.54) is 49.6 Å². The molecule has 12 heterocycles. The molecule has 0 bridgehead atoms. The Balaban J connectivity index is 0.000000127. The number of nitrogens with zero attached hydrogens (tertiary/aromatic N) is 14. The van der Waals surface area contributed by atoms with Crippen LogP contribution in [0.1, 0.15) is 22.8 Å². The summed E-state index contributed by atoms with van der Waals surface area (Å²) in [5.41, 5.74) is 22.9. The van der Waals surface area contributed by atoms with Crippen molar-refractivity contribution in [2.75, 3.05) is 182 Å². The number of nitrogens with two attached hydrogens (primary N) is 2. The molecule has 0 aliphatic carbocycles. The average molecular weight is 1890 g/mol. The van der Waals surface area contributed by atoms with Gasteiger partial charge in [0.25, 0.3) is 0 Å². The molecule has 4 aliphatic heterocycles. The largest absolute Gasteiger partial charge is 0.434 e. The number of nitrogen functional groups attached to an aromatic ring is 2. The molecule has 138 heavy (non-hydrogen) atoms. The van der Waals surface area contributed by atoms with Crippen molar-refractivity contribution in [2.24, 2.45) is 0 Å². The van der Waals surface area contributed by atoms with Crippen LogP contribution in [0.15, 0.2) is 171 Å². The molecule has 0 radical (unpaired) electrons. The maximum atomic E-state index is 15.1. The van der Waals surface area contributed by atoms with Crippen molar-refractivity contribution in [1.82, 2.24) is 80.2 Å². The number of rotatable bonds is 24. The molecule has 34 nitrogen and oxygen atoms in total. The molecule has 4 fully saturated rings. The number of ether oxygens (including phenoxy) is 4. The van der Waals surface area contributed by atoms with Crippen LogP contribution in [0.4, 0.5) is 127 Å². The fraction of sp³-hybridized carbons (Fsp3) is 0.229. The summed E-state index contributed by atoms with van der Waals surface area (Å²) in [6.07, 6.45) is 5.77. The monoisotopic (exact) mass is 1890 g/mol. The van der Waals surface area contributed by atoms with Crippen LogP contribution in [0.3, 0.4) is 0 Å². The number of carbonyl (C=O) groups excluding carboxylic acids is 2. The molecule has 4 saturated heterocycles. The molecule has 4 aliphatic rings. The van der Waals surface area contributed by atoms with Crippen LogP contribution in [-0.2, 0) is 9.59 Å². The first kappa shape index (κ1) is 93.5. The number of amides is 2. The van der Waals surface area contributed by atoms with Crippen LogP contribution in [-0.4, -0.2) is 201 Å². The van der Waals surface area contributed by atoms with E-state index in [1.807, 2.05) is 97.1 Å². The lowest BCUT2D eigenvalue weighted by Crippen LogP contribution is -2.44. The van der Waals surface area contributed by atoms with E-state index in [4.69, 9.17) is 30.4 Å². The summed E-state index contributed by atoms with van der Waals surface area (Å²) in [6.45, 7) is 22.3. The highest BCUT2D eigenvalue weighted by Crippen LogP contribution is 2.44. The first-order chi connectivity index (χ1) is 66.8. The number of anilines is 16. The number of likely N-dealkylation sites (N-methyl/N-ethyl adjacent to an activating group) is 2. The normalized spacial score (nSPS) is 14.1. The van der Waals surface area contributed by atoms with E-state index >= 15 is 8.78 Å². The Morgan fingerprint density at radius 3 is 0.826 bits per heavy atom. The number of hydrogen-bond acceptors (Lipinski definition) is 28. The fourth-order valence-corrected chi connectivity index (χ4v) is 16.2. The van der Waals surface area contributed by atoms with E-state index in [-0.39, 0.29) is 125 Å². The Morgan fingerprint density at radius 1 is 0.319 bits per heavy atom. The summed E-state index contributed by atoms with van der Waals surface area (Å²) < 4.78 is 140. The van der Waals surface area contributed by atoms with Crippen LogP contribution >= 0.6 is 0 Å². The summed E-state index contributed by atoms with van der Waals surface area (Å²) in [7, 11) is 4.23. The number of hydrogen-bond donors (Lipinski definition) is 14. The standard InChI is InChI=1S/C25H25F2N7O2.C24H23F2N7O2.C24H25F2N7O.C23H23F2N7O/c1-15-11-18-21(27)20(12-19(26)22(18)31-15)36-25-23(30-14-35)24(28-13-29-25)32-16-3-5-17(6-4-16)34-9-7-33(2)8-10-34;1-14-10-17-20(26)19(11-18(25)21(17)31-14)35-24-22(30-13-34)23(28-12-29-24)32-15-2-4-16(5-3-15)33-8-6-27-7-9-33;1-14-11-17-20(26)19(12-18(25)22(17)30-14)34-24-21(27)23(28-13-29-24)31-15-3-5-16(6-4-15)33-9-7-32(2)8-10-33;1-13-10-16-19(25)18(11-17(24)21(16)30-13)33-23-20(26)22(28-12-29-23)31-14-2-4-15(5-3-14)32-8-6-27-7-9-32/h3-6,11-14,31H,7-10H2,1-2H3,(H,30,35)(H,28,29,32);2-5,10-13,27,31H,6-9H2,1H3,(H,30,34)(H,28,29,32);3-6,11-13,30H,7-10,27H2,1-2H3,(H,28,29,31);2-5,10-12,27,30H,6-9,26H2,1H3,(H,28,29,31). The third-order valence-electron chi connectivity index (χ3n) is 23.4. The van der Waals surface area contributed by atoms with Crippen LogP contribution < -0.4 is 92.5 Å². The maximum absolute atomic E-state index is 15.1. The van der Waals surface area contributed by atoms with Crippen molar-refractivity contribution in [3.63, 3.8) is 0 Å². The zero-order valence-corrected chi connectivity index (χ0v) is 75.5. The molecule has 8 aromatic carbocycles. The molecule has 0 atom stereocenters. The average Bonchev–Trinajstić information content (AvgIpc) is 1.65. The predicted octanol–water partition coefficient (Wildman–Crippen LogP) is 16.9. The van der Waals surface area contributed by atoms with Gasteiger partial charge in [0, 0.05) is 219 Å². The minimum Gasteiger partial charge on any atom is -0.434 e. The fourth-order valence-electron chi connectivity index (χ4n) is 16.2. The second-order valence-corrected chi connectivity index (χ2v) is 33.0. The molecule has 16 N–H and O–H groups in total. The van der Waals surface area contributed by atoms with E-state index in [1.54, 1.807) is 27.7 Å². The highest BCUT2D eigenvalue weighted by atomic mass is 19.2.